The van der Waals surface area contributed by atoms with Gasteiger partial charge in [0.25, 0.3) is 0 Å². The summed E-state index contributed by atoms with van der Waals surface area (Å²) >= 11 is 7.63. The molecule has 0 amide bonds. The molecule has 2 N–H and O–H groups in total. The summed E-state index contributed by atoms with van der Waals surface area (Å²) in [6, 6.07) is 12.4. The topological polar surface area (TPSA) is 40.7 Å². The lowest BCUT2D eigenvalue weighted by molar-refractivity contribution is 0.575. The van der Waals surface area contributed by atoms with Crippen LogP contribution in [0.25, 0.3) is 10.6 Å². The summed E-state index contributed by atoms with van der Waals surface area (Å²) in [5.74, 6) is 0. The van der Waals surface area contributed by atoms with Crippen molar-refractivity contribution < 1.29 is 0 Å². The van der Waals surface area contributed by atoms with Gasteiger partial charge in [-0.05, 0) is 36.1 Å². The Morgan fingerprint density at radius 3 is 2.81 bits per heavy atom. The lowest BCUT2D eigenvalue weighted by Gasteiger charge is -2.14. The number of hydrogen-bond donors (Lipinski definition) is 2. The SMILES string of the molecule is C[C@H](NCc1cn[nH]c1-c1cccs1)c1ccc(Cl)cc1. The third kappa shape index (κ3) is 3.35. The summed E-state index contributed by atoms with van der Waals surface area (Å²) in [6.07, 6.45) is 1.89. The van der Waals surface area contributed by atoms with Gasteiger partial charge in [-0.25, -0.2) is 0 Å². The first-order valence-electron chi connectivity index (χ1n) is 6.79. The molecule has 5 heteroatoms. The minimum absolute atomic E-state index is 0.258. The zero-order valence-electron chi connectivity index (χ0n) is 11.6. The van der Waals surface area contributed by atoms with Crippen molar-refractivity contribution in [3.8, 4) is 10.6 Å². The zero-order chi connectivity index (χ0) is 14.7. The second-order valence-electron chi connectivity index (χ2n) is 4.90. The Balaban J connectivity index is 1.68. The Hall–Kier alpha value is -1.62. The van der Waals surface area contributed by atoms with E-state index in [9.17, 15) is 0 Å². The molecule has 0 aliphatic rings. The summed E-state index contributed by atoms with van der Waals surface area (Å²) in [5.41, 5.74) is 3.50. The van der Waals surface area contributed by atoms with Crippen LogP contribution >= 0.6 is 22.9 Å². The first-order chi connectivity index (χ1) is 10.2. The molecule has 21 heavy (non-hydrogen) atoms. The fourth-order valence-corrected chi connectivity index (χ4v) is 3.09. The van der Waals surface area contributed by atoms with E-state index in [1.165, 1.54) is 16.0 Å². The van der Waals surface area contributed by atoms with Crippen LogP contribution in [-0.2, 0) is 6.54 Å². The molecular formula is C16H16ClN3S. The second kappa shape index (κ2) is 6.43. The van der Waals surface area contributed by atoms with Crippen LogP contribution < -0.4 is 5.32 Å². The van der Waals surface area contributed by atoms with E-state index in [1.807, 2.05) is 24.4 Å². The predicted molar refractivity (Wildman–Crippen MR) is 88.6 cm³/mol. The lowest BCUT2D eigenvalue weighted by Crippen LogP contribution is -2.18. The van der Waals surface area contributed by atoms with Crippen molar-refractivity contribution in [1.82, 2.24) is 15.5 Å². The molecule has 0 saturated carbocycles. The highest BCUT2D eigenvalue weighted by Gasteiger charge is 2.10. The largest absolute Gasteiger partial charge is 0.306 e. The van der Waals surface area contributed by atoms with Gasteiger partial charge in [0.05, 0.1) is 16.8 Å². The van der Waals surface area contributed by atoms with Crippen molar-refractivity contribution >= 4 is 22.9 Å². The van der Waals surface area contributed by atoms with Crippen LogP contribution in [0.2, 0.25) is 5.02 Å². The number of hydrogen-bond acceptors (Lipinski definition) is 3. The molecule has 1 atom stereocenters. The number of aromatic amines is 1. The Morgan fingerprint density at radius 1 is 1.29 bits per heavy atom. The van der Waals surface area contributed by atoms with Crippen LogP contribution in [0.3, 0.4) is 0 Å². The Morgan fingerprint density at radius 2 is 2.10 bits per heavy atom. The molecule has 0 spiro atoms. The van der Waals surface area contributed by atoms with Gasteiger partial charge in [0, 0.05) is 23.2 Å². The minimum Gasteiger partial charge on any atom is -0.306 e. The second-order valence-corrected chi connectivity index (χ2v) is 6.29. The first kappa shape index (κ1) is 14.3. The quantitative estimate of drug-likeness (QED) is 0.719. The van der Waals surface area contributed by atoms with E-state index in [0.717, 1.165) is 17.3 Å². The van der Waals surface area contributed by atoms with E-state index in [2.05, 4.69) is 46.0 Å². The number of nitrogens with one attached hydrogen (secondary N) is 2. The van der Waals surface area contributed by atoms with Crippen LogP contribution in [-0.4, -0.2) is 10.2 Å². The van der Waals surface area contributed by atoms with Crippen molar-refractivity contribution in [1.29, 1.82) is 0 Å². The third-order valence-electron chi connectivity index (χ3n) is 3.45. The fourth-order valence-electron chi connectivity index (χ4n) is 2.21. The molecular weight excluding hydrogens is 302 g/mol. The molecule has 0 saturated heterocycles. The summed E-state index contributed by atoms with van der Waals surface area (Å²) in [4.78, 5) is 1.21. The maximum absolute atomic E-state index is 5.92. The van der Waals surface area contributed by atoms with E-state index >= 15 is 0 Å². The fraction of sp³-hybridized carbons (Fsp3) is 0.188. The molecule has 0 unspecified atom stereocenters. The number of aromatic nitrogens is 2. The highest BCUT2D eigenvalue weighted by molar-refractivity contribution is 7.13. The molecule has 3 aromatic rings. The highest BCUT2D eigenvalue weighted by Crippen LogP contribution is 2.26. The van der Waals surface area contributed by atoms with Gasteiger partial charge in [0.2, 0.25) is 0 Å². The number of halogens is 1. The molecule has 0 aliphatic heterocycles. The Bertz CT molecular complexity index is 689. The van der Waals surface area contributed by atoms with Crippen LogP contribution in [0, 0.1) is 0 Å². The van der Waals surface area contributed by atoms with Gasteiger partial charge < -0.3 is 5.32 Å². The molecule has 0 bridgehead atoms. The van der Waals surface area contributed by atoms with Gasteiger partial charge in [0.15, 0.2) is 0 Å². The van der Waals surface area contributed by atoms with Gasteiger partial charge in [0.1, 0.15) is 0 Å². The van der Waals surface area contributed by atoms with Crippen LogP contribution in [0.5, 0.6) is 0 Å². The molecule has 1 aromatic carbocycles. The number of rotatable bonds is 5. The monoisotopic (exact) mass is 317 g/mol. The average Bonchev–Trinajstić information content (AvgIpc) is 3.16. The normalized spacial score (nSPS) is 12.5. The maximum atomic E-state index is 5.92. The zero-order valence-corrected chi connectivity index (χ0v) is 13.2. The predicted octanol–water partition coefficient (Wildman–Crippen LogP) is 4.64. The molecule has 3 rings (SSSR count). The van der Waals surface area contributed by atoms with E-state index in [-0.39, 0.29) is 6.04 Å². The summed E-state index contributed by atoms with van der Waals surface area (Å²) in [6.45, 7) is 2.92. The Labute approximate surface area is 133 Å². The molecule has 2 heterocycles. The lowest BCUT2D eigenvalue weighted by atomic mass is 10.1. The number of thiophene rings is 1. The van der Waals surface area contributed by atoms with Crippen molar-refractivity contribution in [2.75, 3.05) is 0 Å². The number of nitrogens with zero attached hydrogens (tertiary/aromatic N) is 1. The van der Waals surface area contributed by atoms with E-state index in [1.54, 1.807) is 11.3 Å². The van der Waals surface area contributed by atoms with Gasteiger partial charge in [-0.3, -0.25) is 5.10 Å². The van der Waals surface area contributed by atoms with Crippen molar-refractivity contribution in [2.24, 2.45) is 0 Å². The van der Waals surface area contributed by atoms with Gasteiger partial charge >= 0.3 is 0 Å². The van der Waals surface area contributed by atoms with E-state index < -0.39 is 0 Å². The third-order valence-corrected chi connectivity index (χ3v) is 4.59. The smallest absolute Gasteiger partial charge is 0.0794 e. The molecule has 0 aliphatic carbocycles. The van der Waals surface area contributed by atoms with Crippen molar-refractivity contribution in [2.45, 2.75) is 19.5 Å². The van der Waals surface area contributed by atoms with E-state index in [0.29, 0.717) is 0 Å². The average molecular weight is 318 g/mol. The number of benzene rings is 1. The highest BCUT2D eigenvalue weighted by atomic mass is 35.5. The molecule has 0 radical (unpaired) electrons. The maximum Gasteiger partial charge on any atom is 0.0794 e. The minimum atomic E-state index is 0.258. The Kier molecular flexibility index (Phi) is 4.39. The van der Waals surface area contributed by atoms with Gasteiger partial charge in [-0.1, -0.05) is 29.8 Å². The molecule has 3 nitrogen and oxygen atoms in total. The van der Waals surface area contributed by atoms with E-state index in [4.69, 9.17) is 11.6 Å². The summed E-state index contributed by atoms with van der Waals surface area (Å²) in [5, 5.41) is 13.6. The summed E-state index contributed by atoms with van der Waals surface area (Å²) < 4.78 is 0. The van der Waals surface area contributed by atoms with Crippen LogP contribution in [0.4, 0.5) is 0 Å². The van der Waals surface area contributed by atoms with Crippen LogP contribution in [0.15, 0.2) is 48.0 Å². The van der Waals surface area contributed by atoms with Crippen LogP contribution in [0.1, 0.15) is 24.1 Å². The molecule has 108 valence electrons. The van der Waals surface area contributed by atoms with Crippen molar-refractivity contribution in [3.05, 3.63) is 64.1 Å². The van der Waals surface area contributed by atoms with Gasteiger partial charge in [-0.15, -0.1) is 11.3 Å². The van der Waals surface area contributed by atoms with Crippen molar-refractivity contribution in [3.63, 3.8) is 0 Å². The first-order valence-corrected chi connectivity index (χ1v) is 8.05. The number of H-pyrrole nitrogens is 1. The molecule has 0 fully saturated rings. The summed E-state index contributed by atoms with van der Waals surface area (Å²) in [7, 11) is 0. The molecule has 2 aromatic heterocycles. The van der Waals surface area contributed by atoms with Gasteiger partial charge in [-0.2, -0.15) is 5.10 Å². The standard InChI is InChI=1S/C16H16ClN3S/c1-11(12-4-6-14(17)7-5-12)18-9-13-10-19-20-16(13)15-3-2-8-21-15/h2-8,10-11,18H,9H2,1H3,(H,19,20)/t11-/m0/s1.